The van der Waals surface area contributed by atoms with Crippen molar-refractivity contribution in [1.29, 1.82) is 0 Å². The third-order valence-corrected chi connectivity index (χ3v) is 3.77. The Balaban J connectivity index is 1.67. The highest BCUT2D eigenvalue weighted by atomic mass is 19.1. The van der Waals surface area contributed by atoms with E-state index in [4.69, 9.17) is 9.26 Å². The quantitative estimate of drug-likeness (QED) is 0.729. The number of aryl methyl sites for hydroxylation is 1. The average molecular weight is 358 g/mol. The van der Waals surface area contributed by atoms with E-state index >= 15 is 0 Å². The Labute approximate surface area is 148 Å². The third kappa shape index (κ3) is 4.05. The lowest BCUT2D eigenvalue weighted by Crippen LogP contribution is -2.24. The summed E-state index contributed by atoms with van der Waals surface area (Å²) >= 11 is 0. The minimum atomic E-state index is -0.496. The Morgan fingerprint density at radius 2 is 1.88 bits per heavy atom. The van der Waals surface area contributed by atoms with Gasteiger partial charge in [-0.1, -0.05) is 29.4 Å². The second-order valence-corrected chi connectivity index (χ2v) is 5.59. The molecule has 0 spiro atoms. The molecule has 7 heteroatoms. The molecule has 0 aliphatic carbocycles. The molecular weight excluding hydrogens is 342 g/mol. The van der Waals surface area contributed by atoms with Gasteiger partial charge in [-0.25, -0.2) is 8.78 Å². The second-order valence-electron chi connectivity index (χ2n) is 5.59. The standard InChI is InChI=1S/C19H16F2N2O3/c1-12-15(11-25-17-5-3-2-4-16(17)21)18(23-26-12)19(24)22-10-13-6-8-14(20)9-7-13/h2-9H,10-11H2,1H3,(H,22,24). The summed E-state index contributed by atoms with van der Waals surface area (Å²) in [6.45, 7) is 1.79. The van der Waals surface area contributed by atoms with Gasteiger partial charge < -0.3 is 14.6 Å². The van der Waals surface area contributed by atoms with Crippen LogP contribution < -0.4 is 10.1 Å². The molecule has 0 atom stereocenters. The number of nitrogens with zero attached hydrogens (tertiary/aromatic N) is 1. The molecule has 1 heterocycles. The van der Waals surface area contributed by atoms with Gasteiger partial charge in [0.05, 0.1) is 5.56 Å². The lowest BCUT2D eigenvalue weighted by molar-refractivity contribution is 0.0939. The minimum Gasteiger partial charge on any atom is -0.486 e. The van der Waals surface area contributed by atoms with Crippen LogP contribution in [0.15, 0.2) is 53.1 Å². The molecular formula is C19H16F2N2O3. The SMILES string of the molecule is Cc1onc(C(=O)NCc2ccc(F)cc2)c1COc1ccccc1F. The van der Waals surface area contributed by atoms with Crippen LogP contribution in [0.2, 0.25) is 0 Å². The number of amides is 1. The van der Waals surface area contributed by atoms with Crippen LogP contribution in [-0.2, 0) is 13.2 Å². The summed E-state index contributed by atoms with van der Waals surface area (Å²) in [6, 6.07) is 11.8. The zero-order valence-electron chi connectivity index (χ0n) is 14.0. The largest absolute Gasteiger partial charge is 0.486 e. The van der Waals surface area contributed by atoms with E-state index in [9.17, 15) is 13.6 Å². The lowest BCUT2D eigenvalue weighted by Gasteiger charge is -2.08. The summed E-state index contributed by atoms with van der Waals surface area (Å²) in [5.74, 6) is -0.818. The van der Waals surface area contributed by atoms with Gasteiger partial charge in [0.15, 0.2) is 17.3 Å². The minimum absolute atomic E-state index is 0.0600. The molecule has 0 saturated carbocycles. The Hall–Kier alpha value is -3.22. The van der Waals surface area contributed by atoms with Gasteiger partial charge in [0.1, 0.15) is 18.2 Å². The third-order valence-electron chi connectivity index (χ3n) is 3.77. The number of ether oxygens (including phenoxy) is 1. The number of rotatable bonds is 6. The first-order chi connectivity index (χ1) is 12.5. The van der Waals surface area contributed by atoms with Gasteiger partial charge in [0.25, 0.3) is 5.91 Å². The maximum atomic E-state index is 13.6. The zero-order valence-corrected chi connectivity index (χ0v) is 14.0. The Kier molecular flexibility index (Phi) is 5.26. The summed E-state index contributed by atoms with van der Waals surface area (Å²) in [6.07, 6.45) is 0. The number of carbonyl (C=O) groups excluding carboxylic acids is 1. The molecule has 1 amide bonds. The van der Waals surface area contributed by atoms with Crippen molar-refractivity contribution in [2.24, 2.45) is 0 Å². The van der Waals surface area contributed by atoms with Crippen LogP contribution in [0, 0.1) is 18.6 Å². The number of hydrogen-bond donors (Lipinski definition) is 1. The van der Waals surface area contributed by atoms with Gasteiger partial charge in [-0.2, -0.15) is 0 Å². The Bertz CT molecular complexity index is 907. The maximum absolute atomic E-state index is 13.6. The van der Waals surface area contributed by atoms with E-state index in [-0.39, 0.29) is 30.4 Å². The van der Waals surface area contributed by atoms with E-state index in [1.54, 1.807) is 31.2 Å². The van der Waals surface area contributed by atoms with Crippen molar-refractivity contribution in [3.8, 4) is 5.75 Å². The highest BCUT2D eigenvalue weighted by Crippen LogP contribution is 2.20. The van der Waals surface area contributed by atoms with Crippen molar-refractivity contribution in [3.63, 3.8) is 0 Å². The molecule has 2 aromatic carbocycles. The van der Waals surface area contributed by atoms with Gasteiger partial charge in [-0.3, -0.25) is 4.79 Å². The molecule has 26 heavy (non-hydrogen) atoms. The first kappa shape index (κ1) is 17.6. The van der Waals surface area contributed by atoms with Crippen LogP contribution >= 0.6 is 0 Å². The lowest BCUT2D eigenvalue weighted by atomic mass is 10.2. The Morgan fingerprint density at radius 1 is 1.15 bits per heavy atom. The number of halogens is 2. The number of aromatic nitrogens is 1. The van der Waals surface area contributed by atoms with Crippen LogP contribution in [0.5, 0.6) is 5.75 Å². The topological polar surface area (TPSA) is 64.4 Å². The number of benzene rings is 2. The van der Waals surface area contributed by atoms with Crippen LogP contribution in [-0.4, -0.2) is 11.1 Å². The fraction of sp³-hybridized carbons (Fsp3) is 0.158. The van der Waals surface area contributed by atoms with Gasteiger partial charge in [0.2, 0.25) is 0 Å². The molecule has 134 valence electrons. The van der Waals surface area contributed by atoms with Gasteiger partial charge in [-0.15, -0.1) is 0 Å². The van der Waals surface area contributed by atoms with Crippen molar-refractivity contribution < 1.29 is 22.8 Å². The molecule has 0 saturated heterocycles. The molecule has 0 aliphatic rings. The van der Waals surface area contributed by atoms with Crippen LogP contribution in [0.1, 0.15) is 27.4 Å². The van der Waals surface area contributed by atoms with Gasteiger partial charge in [-0.05, 0) is 36.8 Å². The highest BCUT2D eigenvalue weighted by molar-refractivity contribution is 5.93. The van der Waals surface area contributed by atoms with E-state index in [0.29, 0.717) is 11.3 Å². The van der Waals surface area contributed by atoms with Crippen molar-refractivity contribution >= 4 is 5.91 Å². The Morgan fingerprint density at radius 3 is 2.62 bits per heavy atom. The molecule has 0 aliphatic heterocycles. The first-order valence-corrected chi connectivity index (χ1v) is 7.89. The molecule has 0 fully saturated rings. The summed E-state index contributed by atoms with van der Waals surface area (Å²) in [7, 11) is 0. The van der Waals surface area contributed by atoms with Crippen molar-refractivity contribution in [2.45, 2.75) is 20.1 Å². The molecule has 5 nitrogen and oxygen atoms in total. The molecule has 0 unspecified atom stereocenters. The summed E-state index contributed by atoms with van der Waals surface area (Å²) < 4.78 is 37.1. The monoisotopic (exact) mass is 358 g/mol. The number of carbonyl (C=O) groups is 1. The smallest absolute Gasteiger partial charge is 0.274 e. The fourth-order valence-corrected chi connectivity index (χ4v) is 2.32. The van der Waals surface area contributed by atoms with Gasteiger partial charge >= 0.3 is 0 Å². The predicted molar refractivity (Wildman–Crippen MR) is 89.5 cm³/mol. The fourth-order valence-electron chi connectivity index (χ4n) is 2.32. The number of para-hydroxylation sites is 1. The van der Waals surface area contributed by atoms with Crippen molar-refractivity contribution in [3.05, 3.63) is 82.7 Å². The molecule has 3 aromatic rings. The molecule has 3 rings (SSSR count). The van der Waals surface area contributed by atoms with Crippen LogP contribution in [0.25, 0.3) is 0 Å². The molecule has 0 bridgehead atoms. The van der Waals surface area contributed by atoms with E-state index in [1.165, 1.54) is 24.3 Å². The van der Waals surface area contributed by atoms with Crippen molar-refractivity contribution in [2.75, 3.05) is 0 Å². The zero-order chi connectivity index (χ0) is 18.5. The number of nitrogens with one attached hydrogen (secondary N) is 1. The van der Waals surface area contributed by atoms with Gasteiger partial charge in [0, 0.05) is 6.54 Å². The van der Waals surface area contributed by atoms with E-state index in [1.807, 2.05) is 0 Å². The summed E-state index contributed by atoms with van der Waals surface area (Å²) in [5.41, 5.74) is 1.25. The summed E-state index contributed by atoms with van der Waals surface area (Å²) in [4.78, 5) is 12.4. The van der Waals surface area contributed by atoms with E-state index in [0.717, 1.165) is 5.56 Å². The average Bonchev–Trinajstić information content (AvgIpc) is 3.01. The highest BCUT2D eigenvalue weighted by Gasteiger charge is 2.20. The van der Waals surface area contributed by atoms with Crippen molar-refractivity contribution in [1.82, 2.24) is 10.5 Å². The summed E-state index contributed by atoms with van der Waals surface area (Å²) in [5, 5.41) is 6.44. The predicted octanol–water partition coefficient (Wildman–Crippen LogP) is 3.77. The molecule has 1 aromatic heterocycles. The molecule has 1 N–H and O–H groups in total. The maximum Gasteiger partial charge on any atom is 0.274 e. The van der Waals surface area contributed by atoms with E-state index in [2.05, 4.69) is 10.5 Å². The molecule has 0 radical (unpaired) electrons. The first-order valence-electron chi connectivity index (χ1n) is 7.89. The normalized spacial score (nSPS) is 10.6. The second kappa shape index (κ2) is 7.77. The number of hydrogen-bond acceptors (Lipinski definition) is 4. The van der Waals surface area contributed by atoms with Crippen LogP contribution in [0.4, 0.5) is 8.78 Å². The van der Waals surface area contributed by atoms with Crippen LogP contribution in [0.3, 0.4) is 0 Å². The van der Waals surface area contributed by atoms with E-state index < -0.39 is 11.7 Å².